The lowest BCUT2D eigenvalue weighted by Crippen LogP contribution is -2.20. The van der Waals surface area contributed by atoms with E-state index in [0.717, 1.165) is 0 Å². The van der Waals surface area contributed by atoms with Crippen molar-refractivity contribution in [1.29, 1.82) is 0 Å². The minimum absolute atomic E-state index is 0.278. The van der Waals surface area contributed by atoms with E-state index in [0.29, 0.717) is 0 Å². The predicted octanol–water partition coefficient (Wildman–Crippen LogP) is 3.62. The summed E-state index contributed by atoms with van der Waals surface area (Å²) in [5.41, 5.74) is 0. The minimum atomic E-state index is -0.446. The van der Waals surface area contributed by atoms with Crippen molar-refractivity contribution in [2.75, 3.05) is 6.07 Å². The third-order valence-electron chi connectivity index (χ3n) is 3.04. The average molecular weight is 329 g/mol. The van der Waals surface area contributed by atoms with Gasteiger partial charge in [0.15, 0.2) is 0 Å². The van der Waals surface area contributed by atoms with Gasteiger partial charge in [-0.25, -0.2) is 0 Å². The van der Waals surface area contributed by atoms with Crippen LogP contribution < -0.4 is 15.9 Å². The van der Waals surface area contributed by atoms with Crippen molar-refractivity contribution >= 4 is 35.4 Å². The normalized spacial score (nSPS) is 9.95. The highest BCUT2D eigenvalue weighted by molar-refractivity contribution is 7.79. The molecular weight excluding hydrogens is 311 g/mol. The molecule has 0 fully saturated rings. The van der Waals surface area contributed by atoms with Gasteiger partial charge in [-0.15, -0.1) is 0 Å². The fourth-order valence-corrected chi connectivity index (χ4v) is 4.48. The van der Waals surface area contributed by atoms with E-state index < -0.39 is 7.92 Å². The van der Waals surface area contributed by atoms with E-state index in [1.807, 2.05) is 0 Å². The minimum Gasteiger partial charge on any atom is -0.381 e. The van der Waals surface area contributed by atoms with Gasteiger partial charge >= 0.3 is 0 Å². The number of aliphatic hydroxyl groups is 1. The van der Waals surface area contributed by atoms with Gasteiger partial charge in [0.1, 0.15) is 6.07 Å². The summed E-state index contributed by atoms with van der Waals surface area (Å²) in [6, 6.07) is 32.0. The third kappa shape index (κ3) is 4.68. The van der Waals surface area contributed by atoms with Gasteiger partial charge in [0.2, 0.25) is 0 Å². The highest BCUT2D eigenvalue weighted by atomic mass is 35.5. The van der Waals surface area contributed by atoms with Crippen LogP contribution in [0.4, 0.5) is 0 Å². The highest BCUT2D eigenvalue weighted by Crippen LogP contribution is 2.32. The first-order valence-corrected chi connectivity index (χ1v) is 8.86. The van der Waals surface area contributed by atoms with Gasteiger partial charge in [-0.1, -0.05) is 103 Å². The molecular formula is C19H18ClOP. The number of benzene rings is 3. The number of hydrogen-bond donors (Lipinski definition) is 1. The van der Waals surface area contributed by atoms with Crippen molar-refractivity contribution in [1.82, 2.24) is 0 Å². The molecule has 0 unspecified atom stereocenters. The second kappa shape index (κ2) is 9.38. The molecule has 1 N–H and O–H groups in total. The standard InChI is InChI=1S/C18H15P.CH3ClO/c1-4-10-16(11-5-1)19(17-12-6-2-7-13-17)18-14-8-3-9-15-18;2-1-3/h1-15H;3H,1H2. The summed E-state index contributed by atoms with van der Waals surface area (Å²) in [4.78, 5) is 0. The molecule has 3 heteroatoms. The zero-order valence-corrected chi connectivity index (χ0v) is 13.8. The molecule has 0 aromatic heterocycles. The Bertz CT molecular complexity index is 550. The van der Waals surface area contributed by atoms with Crippen LogP contribution in [0.25, 0.3) is 0 Å². The Morgan fingerprint density at radius 2 is 0.818 bits per heavy atom. The van der Waals surface area contributed by atoms with E-state index in [1.54, 1.807) is 0 Å². The Hall–Kier alpha value is -1.66. The first-order valence-electron chi connectivity index (χ1n) is 6.99. The van der Waals surface area contributed by atoms with Crippen LogP contribution in [-0.2, 0) is 0 Å². The van der Waals surface area contributed by atoms with E-state index in [1.165, 1.54) is 15.9 Å². The Morgan fingerprint density at radius 3 is 1.05 bits per heavy atom. The van der Waals surface area contributed by atoms with Crippen LogP contribution in [0.3, 0.4) is 0 Å². The van der Waals surface area contributed by atoms with E-state index in [2.05, 4.69) is 103 Å². The molecule has 0 heterocycles. The number of halogens is 1. The summed E-state index contributed by atoms with van der Waals surface area (Å²) in [6.45, 7) is 0. The zero-order chi connectivity index (χ0) is 15.6. The van der Waals surface area contributed by atoms with Crippen molar-refractivity contribution in [3.05, 3.63) is 91.0 Å². The molecule has 0 amide bonds. The first kappa shape index (κ1) is 16.7. The molecule has 0 bridgehead atoms. The molecule has 0 atom stereocenters. The van der Waals surface area contributed by atoms with Crippen molar-refractivity contribution in [3.63, 3.8) is 0 Å². The SMILES string of the molecule is OCCl.c1ccc(P(c2ccccc2)c2ccccc2)cc1. The molecule has 22 heavy (non-hydrogen) atoms. The van der Waals surface area contributed by atoms with Crippen LogP contribution in [0.5, 0.6) is 0 Å². The molecule has 0 saturated heterocycles. The van der Waals surface area contributed by atoms with Crippen LogP contribution in [0.2, 0.25) is 0 Å². The van der Waals surface area contributed by atoms with Crippen LogP contribution in [0.15, 0.2) is 91.0 Å². The number of aliphatic hydroxyl groups excluding tert-OH is 1. The van der Waals surface area contributed by atoms with Crippen molar-refractivity contribution < 1.29 is 5.11 Å². The molecule has 0 saturated carbocycles. The van der Waals surface area contributed by atoms with E-state index in [9.17, 15) is 0 Å². The number of alkyl halides is 1. The molecule has 112 valence electrons. The molecule has 1 nitrogen and oxygen atoms in total. The second-order valence-electron chi connectivity index (χ2n) is 4.46. The van der Waals surface area contributed by atoms with Gasteiger partial charge in [-0.2, -0.15) is 0 Å². The lowest BCUT2D eigenvalue weighted by molar-refractivity contribution is 0.370. The molecule has 0 aliphatic heterocycles. The zero-order valence-electron chi connectivity index (χ0n) is 12.1. The lowest BCUT2D eigenvalue weighted by atomic mass is 10.4. The molecule has 0 aliphatic carbocycles. The van der Waals surface area contributed by atoms with Crippen molar-refractivity contribution in [3.8, 4) is 0 Å². The quantitative estimate of drug-likeness (QED) is 0.575. The summed E-state index contributed by atoms with van der Waals surface area (Å²) in [5.74, 6) is 0. The van der Waals surface area contributed by atoms with Gasteiger partial charge < -0.3 is 5.11 Å². The molecule has 3 aromatic rings. The maximum absolute atomic E-state index is 7.33. The van der Waals surface area contributed by atoms with E-state index in [-0.39, 0.29) is 6.07 Å². The molecule has 0 aliphatic rings. The summed E-state index contributed by atoms with van der Waals surface area (Å²) in [7, 11) is -0.446. The van der Waals surface area contributed by atoms with Gasteiger partial charge in [-0.3, -0.25) is 0 Å². The van der Waals surface area contributed by atoms with Gasteiger partial charge in [0, 0.05) is 0 Å². The first-order chi connectivity index (χ1) is 10.9. The Morgan fingerprint density at radius 1 is 0.591 bits per heavy atom. The lowest BCUT2D eigenvalue weighted by Gasteiger charge is -2.18. The Kier molecular flexibility index (Phi) is 7.12. The fraction of sp³-hybridized carbons (Fsp3) is 0.0526. The molecule has 0 radical (unpaired) electrons. The average Bonchev–Trinajstić information content (AvgIpc) is 2.59. The van der Waals surface area contributed by atoms with Gasteiger partial charge in [0.05, 0.1) is 0 Å². The molecule has 3 rings (SSSR count). The Balaban J connectivity index is 0.000000545. The highest BCUT2D eigenvalue weighted by Gasteiger charge is 2.14. The van der Waals surface area contributed by atoms with Crippen molar-refractivity contribution in [2.24, 2.45) is 0 Å². The summed E-state index contributed by atoms with van der Waals surface area (Å²) in [6.07, 6.45) is 0. The maximum Gasteiger partial charge on any atom is 0.117 e. The molecule has 0 spiro atoms. The maximum atomic E-state index is 7.33. The number of hydrogen-bond acceptors (Lipinski definition) is 1. The fourth-order valence-electron chi connectivity index (χ4n) is 2.18. The summed E-state index contributed by atoms with van der Waals surface area (Å²) >= 11 is 4.55. The predicted molar refractivity (Wildman–Crippen MR) is 98.1 cm³/mol. The van der Waals surface area contributed by atoms with Crippen LogP contribution in [0, 0.1) is 0 Å². The van der Waals surface area contributed by atoms with E-state index in [4.69, 9.17) is 5.11 Å². The van der Waals surface area contributed by atoms with E-state index >= 15 is 0 Å². The largest absolute Gasteiger partial charge is 0.381 e. The summed E-state index contributed by atoms with van der Waals surface area (Å²) in [5, 5.41) is 11.5. The Labute approximate surface area is 138 Å². The summed E-state index contributed by atoms with van der Waals surface area (Å²) < 4.78 is 0. The molecule has 3 aromatic carbocycles. The van der Waals surface area contributed by atoms with Gasteiger partial charge in [0.25, 0.3) is 0 Å². The number of rotatable bonds is 3. The topological polar surface area (TPSA) is 20.2 Å². The third-order valence-corrected chi connectivity index (χ3v) is 5.49. The smallest absolute Gasteiger partial charge is 0.117 e. The van der Waals surface area contributed by atoms with Crippen LogP contribution in [0.1, 0.15) is 0 Å². The van der Waals surface area contributed by atoms with Gasteiger partial charge in [-0.05, 0) is 23.8 Å². The van der Waals surface area contributed by atoms with Crippen molar-refractivity contribution in [2.45, 2.75) is 0 Å². The van der Waals surface area contributed by atoms with Crippen LogP contribution in [-0.4, -0.2) is 11.2 Å². The van der Waals surface area contributed by atoms with Crippen LogP contribution >= 0.6 is 19.5 Å². The monoisotopic (exact) mass is 328 g/mol. The second-order valence-corrected chi connectivity index (χ2v) is 6.92.